The van der Waals surface area contributed by atoms with Crippen molar-refractivity contribution in [1.29, 1.82) is 0 Å². The summed E-state index contributed by atoms with van der Waals surface area (Å²) in [6, 6.07) is 0. The van der Waals surface area contributed by atoms with E-state index in [-0.39, 0.29) is 11.5 Å². The van der Waals surface area contributed by atoms with Crippen molar-refractivity contribution < 1.29 is 13.2 Å². The number of imidazole rings is 2. The van der Waals surface area contributed by atoms with Gasteiger partial charge in [-0.3, -0.25) is 9.50 Å². The number of nitrogens with one attached hydrogen (secondary N) is 2. The van der Waals surface area contributed by atoms with Gasteiger partial charge in [-0.15, -0.1) is 0 Å². The molecule has 0 unspecified atom stereocenters. The van der Waals surface area contributed by atoms with Crippen LogP contribution in [0.5, 0.6) is 0 Å². The summed E-state index contributed by atoms with van der Waals surface area (Å²) in [7, 11) is 2.02. The average molecular weight is 389 g/mol. The van der Waals surface area contributed by atoms with Crippen LogP contribution in [0.25, 0.3) is 28.7 Å². The molecule has 4 aromatic heterocycles. The maximum Gasteiger partial charge on any atom is 0.451 e. The number of hydrogen-bond donors (Lipinski definition) is 2. The van der Waals surface area contributed by atoms with E-state index < -0.39 is 12.0 Å². The van der Waals surface area contributed by atoms with Crippen LogP contribution in [0.15, 0.2) is 18.7 Å². The third-order valence-electron chi connectivity index (χ3n) is 4.67. The van der Waals surface area contributed by atoms with E-state index in [0.29, 0.717) is 17.2 Å². The Morgan fingerprint density at radius 2 is 2.04 bits per heavy atom. The predicted octanol–water partition coefficient (Wildman–Crippen LogP) is 1.91. The van der Waals surface area contributed by atoms with Crippen LogP contribution in [0.3, 0.4) is 0 Å². The fourth-order valence-corrected chi connectivity index (χ4v) is 3.35. The van der Waals surface area contributed by atoms with Crippen LogP contribution in [0.4, 0.5) is 13.2 Å². The summed E-state index contributed by atoms with van der Waals surface area (Å²) in [4.78, 5) is 21.8. The third-order valence-corrected chi connectivity index (χ3v) is 4.67. The maximum absolute atomic E-state index is 12.9. The lowest BCUT2D eigenvalue weighted by Crippen LogP contribution is -2.27. The van der Waals surface area contributed by atoms with Gasteiger partial charge in [-0.25, -0.2) is 19.9 Å². The second-order valence-corrected chi connectivity index (χ2v) is 6.65. The Bertz CT molecular complexity index is 1160. The molecule has 0 spiro atoms. The Balaban J connectivity index is 1.74. The number of alkyl halides is 3. The van der Waals surface area contributed by atoms with Crippen LogP contribution in [-0.4, -0.2) is 58.0 Å². The molecule has 1 aliphatic heterocycles. The zero-order valence-corrected chi connectivity index (χ0v) is 14.6. The molecule has 4 aromatic rings. The van der Waals surface area contributed by atoms with Crippen molar-refractivity contribution >= 4 is 5.78 Å². The molecule has 5 rings (SSSR count). The van der Waals surface area contributed by atoms with E-state index >= 15 is 0 Å². The Hall–Kier alpha value is -3.28. The molecule has 144 valence electrons. The summed E-state index contributed by atoms with van der Waals surface area (Å²) >= 11 is 0. The van der Waals surface area contributed by atoms with Gasteiger partial charge in [-0.2, -0.15) is 18.3 Å². The molecule has 2 N–H and O–H groups in total. The lowest BCUT2D eigenvalue weighted by molar-refractivity contribution is -0.144. The minimum Gasteiger partial charge on any atom is -0.343 e. The number of aromatic amines is 2. The van der Waals surface area contributed by atoms with Crippen molar-refractivity contribution in [3.63, 3.8) is 0 Å². The number of hydrogen-bond acceptors (Lipinski definition) is 6. The zero-order valence-electron chi connectivity index (χ0n) is 14.6. The van der Waals surface area contributed by atoms with Gasteiger partial charge in [-0.05, 0) is 7.05 Å². The van der Waals surface area contributed by atoms with E-state index in [1.54, 1.807) is 10.6 Å². The van der Waals surface area contributed by atoms with Crippen molar-refractivity contribution in [2.24, 2.45) is 0 Å². The van der Waals surface area contributed by atoms with Crippen molar-refractivity contribution in [2.75, 3.05) is 13.6 Å². The molecule has 0 atom stereocenters. The van der Waals surface area contributed by atoms with Gasteiger partial charge in [0, 0.05) is 31.3 Å². The molecule has 0 amide bonds. The van der Waals surface area contributed by atoms with Gasteiger partial charge in [0.1, 0.15) is 11.4 Å². The van der Waals surface area contributed by atoms with Gasteiger partial charge in [-0.1, -0.05) is 0 Å². The van der Waals surface area contributed by atoms with Gasteiger partial charge in [0.15, 0.2) is 0 Å². The van der Waals surface area contributed by atoms with E-state index in [4.69, 9.17) is 0 Å². The molecule has 28 heavy (non-hydrogen) atoms. The molecule has 9 nitrogen and oxygen atoms in total. The molecule has 5 heterocycles. The van der Waals surface area contributed by atoms with Crippen LogP contribution in [0.1, 0.15) is 17.1 Å². The highest BCUT2D eigenvalue weighted by Gasteiger charge is 2.36. The summed E-state index contributed by atoms with van der Waals surface area (Å²) < 4.78 is 40.6. The van der Waals surface area contributed by atoms with Crippen LogP contribution in [0, 0.1) is 0 Å². The summed E-state index contributed by atoms with van der Waals surface area (Å²) in [5.41, 5.74) is 3.25. The summed E-state index contributed by atoms with van der Waals surface area (Å²) in [5.74, 6) is -0.956. The van der Waals surface area contributed by atoms with E-state index in [9.17, 15) is 13.2 Å². The zero-order chi connectivity index (χ0) is 19.5. The molecule has 0 bridgehead atoms. The van der Waals surface area contributed by atoms with Crippen molar-refractivity contribution in [3.05, 3.63) is 35.8 Å². The first-order chi connectivity index (χ1) is 13.4. The summed E-state index contributed by atoms with van der Waals surface area (Å²) in [5, 5.41) is 5.66. The summed E-state index contributed by atoms with van der Waals surface area (Å²) in [6.45, 7) is 1.61. The number of fused-ring (bicyclic) bond motifs is 2. The van der Waals surface area contributed by atoms with Crippen LogP contribution in [0.2, 0.25) is 0 Å². The molecule has 0 saturated carbocycles. The minimum absolute atomic E-state index is 0.155. The van der Waals surface area contributed by atoms with Gasteiger partial charge < -0.3 is 9.88 Å². The maximum atomic E-state index is 12.9. The van der Waals surface area contributed by atoms with Crippen molar-refractivity contribution in [2.45, 2.75) is 19.1 Å². The Kier molecular flexibility index (Phi) is 3.53. The number of H-pyrrole nitrogens is 2. The molecular weight excluding hydrogens is 375 g/mol. The van der Waals surface area contributed by atoms with Gasteiger partial charge >= 0.3 is 6.18 Å². The Labute approximate surface area is 155 Å². The molecular formula is C16H14F3N9. The first kappa shape index (κ1) is 16.9. The van der Waals surface area contributed by atoms with Crippen molar-refractivity contribution in [3.8, 4) is 22.9 Å². The predicted molar refractivity (Wildman–Crippen MR) is 91.0 cm³/mol. The highest BCUT2D eigenvalue weighted by Crippen LogP contribution is 2.33. The SMILES string of the molecule is CN1CCc2nc3nc(-c4n[nH]c(C(F)(F)F)n4)c(-c4cnc[nH]4)n3cc2C1. The van der Waals surface area contributed by atoms with E-state index in [0.717, 1.165) is 30.8 Å². The lowest BCUT2D eigenvalue weighted by Gasteiger charge is -2.24. The third kappa shape index (κ3) is 2.64. The monoisotopic (exact) mass is 389 g/mol. The first-order valence-electron chi connectivity index (χ1n) is 8.48. The van der Waals surface area contributed by atoms with E-state index in [2.05, 4.69) is 34.9 Å². The number of halogens is 3. The molecule has 0 fully saturated rings. The molecule has 0 aromatic carbocycles. The molecule has 0 saturated heterocycles. The Morgan fingerprint density at radius 1 is 1.18 bits per heavy atom. The van der Waals surface area contributed by atoms with Crippen LogP contribution in [-0.2, 0) is 19.1 Å². The largest absolute Gasteiger partial charge is 0.451 e. The first-order valence-corrected chi connectivity index (χ1v) is 8.48. The lowest BCUT2D eigenvalue weighted by atomic mass is 10.1. The topological polar surface area (TPSA) is 104 Å². The van der Waals surface area contributed by atoms with Crippen molar-refractivity contribution in [1.82, 2.24) is 44.4 Å². The van der Waals surface area contributed by atoms with Crippen LogP contribution >= 0.6 is 0 Å². The highest BCUT2D eigenvalue weighted by atomic mass is 19.4. The smallest absolute Gasteiger partial charge is 0.343 e. The number of aromatic nitrogens is 8. The van der Waals surface area contributed by atoms with Gasteiger partial charge in [0.05, 0.1) is 23.9 Å². The molecule has 1 aliphatic rings. The second kappa shape index (κ2) is 5.86. The standard InChI is InChI=1S/C16H14F3N9/c1-27-3-2-9-8(5-27)6-28-12(10-4-20-7-21-10)11(23-15(28)22-9)13-24-14(26-25-13)16(17,18)19/h4,6-7H,2-3,5H2,1H3,(H,20,21)(H,24,25,26). The van der Waals surface area contributed by atoms with Crippen LogP contribution < -0.4 is 0 Å². The molecule has 0 aliphatic carbocycles. The Morgan fingerprint density at radius 3 is 2.75 bits per heavy atom. The molecule has 12 heteroatoms. The van der Waals surface area contributed by atoms with Gasteiger partial charge in [0.25, 0.3) is 0 Å². The minimum atomic E-state index is -4.62. The quantitative estimate of drug-likeness (QED) is 0.543. The number of rotatable bonds is 2. The van der Waals surface area contributed by atoms with E-state index in [1.165, 1.54) is 6.33 Å². The number of likely N-dealkylation sites (N-methyl/N-ethyl adjacent to an activating group) is 1. The highest BCUT2D eigenvalue weighted by molar-refractivity contribution is 5.76. The molecule has 0 radical (unpaired) electrons. The normalized spacial score (nSPS) is 15.3. The fourth-order valence-electron chi connectivity index (χ4n) is 3.35. The number of nitrogens with zero attached hydrogens (tertiary/aromatic N) is 7. The van der Waals surface area contributed by atoms with Gasteiger partial charge in [0.2, 0.25) is 17.4 Å². The van der Waals surface area contributed by atoms with E-state index in [1.807, 2.05) is 18.3 Å². The average Bonchev–Trinajstić information content (AvgIpc) is 3.37. The fraction of sp³-hybridized carbons (Fsp3) is 0.312. The second-order valence-electron chi connectivity index (χ2n) is 6.65. The summed E-state index contributed by atoms with van der Waals surface area (Å²) in [6.07, 6.45) is 1.12.